The number of rotatable bonds is 5. The predicted molar refractivity (Wildman–Crippen MR) is 79.0 cm³/mol. The monoisotopic (exact) mass is 277 g/mol. The van der Waals surface area contributed by atoms with Gasteiger partial charge < -0.3 is 14.8 Å². The van der Waals surface area contributed by atoms with Crippen molar-refractivity contribution in [3.8, 4) is 0 Å². The Labute approximate surface area is 120 Å². The summed E-state index contributed by atoms with van der Waals surface area (Å²) in [5.41, 5.74) is 1.46. The Morgan fingerprint density at radius 3 is 2.70 bits per heavy atom. The average molecular weight is 277 g/mol. The molecule has 4 nitrogen and oxygen atoms in total. The summed E-state index contributed by atoms with van der Waals surface area (Å²) in [4.78, 5) is 11.8. The van der Waals surface area contributed by atoms with Gasteiger partial charge in [-0.1, -0.05) is 26.0 Å². The number of carbonyl (C=O) groups is 1. The minimum absolute atomic E-state index is 0.0548. The summed E-state index contributed by atoms with van der Waals surface area (Å²) in [6.07, 6.45) is 1.23. The quantitative estimate of drug-likeness (QED) is 0.840. The Bertz CT molecular complexity index is 484. The fraction of sp³-hybridized carbons (Fsp3) is 0.562. The molecule has 0 amide bonds. The van der Waals surface area contributed by atoms with E-state index in [9.17, 15) is 4.79 Å². The van der Waals surface area contributed by atoms with Crippen LogP contribution in [-0.4, -0.2) is 31.8 Å². The lowest BCUT2D eigenvalue weighted by atomic mass is 9.64. The second-order valence-electron chi connectivity index (χ2n) is 5.74. The summed E-state index contributed by atoms with van der Waals surface area (Å²) < 4.78 is 10.5. The van der Waals surface area contributed by atoms with Crippen molar-refractivity contribution in [1.29, 1.82) is 0 Å². The van der Waals surface area contributed by atoms with Crippen LogP contribution in [0.4, 0.5) is 5.69 Å². The van der Waals surface area contributed by atoms with Gasteiger partial charge in [-0.15, -0.1) is 0 Å². The molecular weight excluding hydrogens is 254 g/mol. The fourth-order valence-electron chi connectivity index (χ4n) is 2.70. The van der Waals surface area contributed by atoms with Crippen LogP contribution in [-0.2, 0) is 9.47 Å². The molecular formula is C16H23NO3. The predicted octanol–water partition coefficient (Wildman–Crippen LogP) is 3.09. The third kappa shape index (κ3) is 2.66. The largest absolute Gasteiger partial charge is 0.465 e. The van der Waals surface area contributed by atoms with E-state index in [2.05, 4.69) is 19.2 Å². The Morgan fingerprint density at radius 2 is 2.10 bits per heavy atom. The van der Waals surface area contributed by atoms with Crippen molar-refractivity contribution in [3.63, 3.8) is 0 Å². The number of nitrogens with one attached hydrogen (secondary N) is 1. The van der Waals surface area contributed by atoms with Crippen LogP contribution in [0.5, 0.6) is 0 Å². The fourth-order valence-corrected chi connectivity index (χ4v) is 2.70. The first-order valence-electron chi connectivity index (χ1n) is 7.06. The summed E-state index contributed by atoms with van der Waals surface area (Å²) in [5.74, 6) is -0.313. The lowest BCUT2D eigenvalue weighted by Crippen LogP contribution is -2.58. The lowest BCUT2D eigenvalue weighted by molar-refractivity contribution is -0.0976. The zero-order valence-corrected chi connectivity index (χ0v) is 12.6. The van der Waals surface area contributed by atoms with Gasteiger partial charge in [0.25, 0.3) is 0 Å². The van der Waals surface area contributed by atoms with Crippen LogP contribution in [0.1, 0.15) is 37.6 Å². The van der Waals surface area contributed by atoms with Crippen LogP contribution < -0.4 is 5.32 Å². The highest BCUT2D eigenvalue weighted by molar-refractivity contribution is 5.95. The second-order valence-corrected chi connectivity index (χ2v) is 5.74. The maximum absolute atomic E-state index is 11.8. The van der Waals surface area contributed by atoms with Crippen LogP contribution in [0.25, 0.3) is 0 Å². The number of ether oxygens (including phenoxy) is 2. The smallest absolute Gasteiger partial charge is 0.339 e. The van der Waals surface area contributed by atoms with Crippen LogP contribution in [0.3, 0.4) is 0 Å². The molecule has 2 rings (SSSR count). The van der Waals surface area contributed by atoms with Gasteiger partial charge in [0.05, 0.1) is 18.8 Å². The summed E-state index contributed by atoms with van der Waals surface area (Å²) in [6, 6.07) is 7.74. The highest BCUT2D eigenvalue weighted by Crippen LogP contribution is 2.44. The zero-order valence-electron chi connectivity index (χ0n) is 12.6. The minimum atomic E-state index is -0.313. The molecule has 110 valence electrons. The maximum atomic E-state index is 11.8. The first kappa shape index (κ1) is 14.9. The number of para-hydroxylation sites is 1. The number of benzene rings is 1. The number of esters is 1. The second kappa shape index (κ2) is 5.83. The molecule has 0 bridgehead atoms. The van der Waals surface area contributed by atoms with E-state index in [0.29, 0.717) is 11.6 Å². The number of hydrogen-bond acceptors (Lipinski definition) is 4. The first-order valence-corrected chi connectivity index (χ1v) is 7.06. The van der Waals surface area contributed by atoms with Crippen molar-refractivity contribution in [2.75, 3.05) is 19.0 Å². The van der Waals surface area contributed by atoms with Crippen molar-refractivity contribution in [1.82, 2.24) is 0 Å². The Hall–Kier alpha value is -1.55. The molecule has 1 aliphatic rings. The van der Waals surface area contributed by atoms with Gasteiger partial charge in [-0.05, 0) is 25.5 Å². The van der Waals surface area contributed by atoms with E-state index in [1.165, 1.54) is 7.11 Å². The molecule has 1 N–H and O–H groups in total. The van der Waals surface area contributed by atoms with Gasteiger partial charge in [0.15, 0.2) is 0 Å². The van der Waals surface area contributed by atoms with E-state index in [1.54, 1.807) is 6.07 Å². The Balaban J connectivity index is 2.11. The average Bonchev–Trinajstić information content (AvgIpc) is 2.46. The Kier molecular flexibility index (Phi) is 4.33. The molecule has 20 heavy (non-hydrogen) atoms. The summed E-state index contributed by atoms with van der Waals surface area (Å²) in [5, 5.41) is 3.46. The van der Waals surface area contributed by atoms with Crippen molar-refractivity contribution < 1.29 is 14.3 Å². The molecule has 0 radical (unpaired) electrons. The molecule has 1 aliphatic carbocycles. The van der Waals surface area contributed by atoms with Gasteiger partial charge in [0, 0.05) is 23.8 Å². The maximum Gasteiger partial charge on any atom is 0.339 e. The molecule has 0 spiro atoms. The van der Waals surface area contributed by atoms with Gasteiger partial charge >= 0.3 is 5.97 Å². The molecule has 1 aromatic carbocycles. The molecule has 0 aromatic heterocycles. The number of anilines is 1. The molecule has 0 saturated heterocycles. The van der Waals surface area contributed by atoms with Crippen molar-refractivity contribution in [3.05, 3.63) is 29.8 Å². The van der Waals surface area contributed by atoms with E-state index in [-0.39, 0.29) is 17.5 Å². The van der Waals surface area contributed by atoms with E-state index in [4.69, 9.17) is 9.47 Å². The molecule has 2 unspecified atom stereocenters. The third-order valence-corrected chi connectivity index (χ3v) is 4.21. The number of methoxy groups -OCH3 is 1. The SMILES string of the molecule is CCOC1CC(Nc2ccccc2C(=O)OC)C1(C)C. The lowest BCUT2D eigenvalue weighted by Gasteiger charge is -2.52. The topological polar surface area (TPSA) is 47.6 Å². The molecule has 1 saturated carbocycles. The van der Waals surface area contributed by atoms with E-state index >= 15 is 0 Å². The molecule has 0 aliphatic heterocycles. The van der Waals surface area contributed by atoms with Gasteiger partial charge in [-0.2, -0.15) is 0 Å². The highest BCUT2D eigenvalue weighted by atomic mass is 16.5. The van der Waals surface area contributed by atoms with E-state index in [0.717, 1.165) is 18.7 Å². The normalized spacial score (nSPS) is 23.8. The van der Waals surface area contributed by atoms with Gasteiger partial charge in [0.2, 0.25) is 0 Å². The summed E-state index contributed by atoms with van der Waals surface area (Å²) >= 11 is 0. The van der Waals surface area contributed by atoms with Gasteiger partial charge in [0.1, 0.15) is 0 Å². The number of hydrogen-bond donors (Lipinski definition) is 1. The third-order valence-electron chi connectivity index (χ3n) is 4.21. The van der Waals surface area contributed by atoms with E-state index in [1.807, 2.05) is 25.1 Å². The summed E-state index contributed by atoms with van der Waals surface area (Å²) in [6.45, 7) is 7.13. The van der Waals surface area contributed by atoms with Crippen molar-refractivity contribution in [2.24, 2.45) is 5.41 Å². The highest BCUT2D eigenvalue weighted by Gasteiger charge is 2.49. The van der Waals surface area contributed by atoms with Crippen molar-refractivity contribution >= 4 is 11.7 Å². The van der Waals surface area contributed by atoms with Crippen LogP contribution in [0.15, 0.2) is 24.3 Å². The minimum Gasteiger partial charge on any atom is -0.465 e. The molecule has 1 aromatic rings. The number of carbonyl (C=O) groups excluding carboxylic acids is 1. The van der Waals surface area contributed by atoms with Crippen molar-refractivity contribution in [2.45, 2.75) is 39.3 Å². The van der Waals surface area contributed by atoms with Gasteiger partial charge in [-0.25, -0.2) is 4.79 Å². The Morgan fingerprint density at radius 1 is 1.40 bits per heavy atom. The standard InChI is InChI=1S/C16H23NO3/c1-5-20-14-10-13(16(14,2)3)17-12-9-7-6-8-11(12)15(18)19-4/h6-9,13-14,17H,5,10H2,1-4H3. The van der Waals surface area contributed by atoms with E-state index < -0.39 is 0 Å². The first-order chi connectivity index (χ1) is 9.50. The molecule has 2 atom stereocenters. The molecule has 0 heterocycles. The zero-order chi connectivity index (χ0) is 14.8. The summed E-state index contributed by atoms with van der Waals surface area (Å²) in [7, 11) is 1.40. The molecule has 1 fully saturated rings. The van der Waals surface area contributed by atoms with Crippen LogP contribution in [0.2, 0.25) is 0 Å². The van der Waals surface area contributed by atoms with Gasteiger partial charge in [-0.3, -0.25) is 0 Å². The molecule has 4 heteroatoms. The van der Waals surface area contributed by atoms with Crippen LogP contribution >= 0.6 is 0 Å². The van der Waals surface area contributed by atoms with Crippen LogP contribution in [0, 0.1) is 5.41 Å².